The fourth-order valence-corrected chi connectivity index (χ4v) is 5.26. The van der Waals surface area contributed by atoms with Crippen LogP contribution in [-0.2, 0) is 0 Å². The third-order valence-electron chi connectivity index (χ3n) is 7.48. The second-order valence-electron chi connectivity index (χ2n) is 10.4. The summed E-state index contributed by atoms with van der Waals surface area (Å²) in [5.74, 6) is 4.27. The molecule has 1 aromatic carbocycles. The topological polar surface area (TPSA) is 57.2 Å². The molecule has 2 aliphatic heterocycles. The monoisotopic (exact) mass is 444 g/mol. The van der Waals surface area contributed by atoms with E-state index in [4.69, 9.17) is 9.97 Å². The van der Waals surface area contributed by atoms with Gasteiger partial charge in [0.2, 0.25) is 5.95 Å². The zero-order valence-corrected chi connectivity index (χ0v) is 20.5. The molecule has 3 aromatic rings. The van der Waals surface area contributed by atoms with Gasteiger partial charge in [0.05, 0.1) is 0 Å². The second-order valence-corrected chi connectivity index (χ2v) is 10.4. The number of pyridine rings is 1. The van der Waals surface area contributed by atoms with Crippen LogP contribution in [0.2, 0.25) is 0 Å². The number of benzene rings is 1. The van der Waals surface area contributed by atoms with Crippen LogP contribution in [0.15, 0.2) is 36.7 Å². The number of hydrogen-bond acceptors (Lipinski definition) is 6. The first-order chi connectivity index (χ1) is 15.9. The molecule has 6 heteroatoms. The van der Waals surface area contributed by atoms with E-state index in [9.17, 15) is 0 Å². The first kappa shape index (κ1) is 21.9. The first-order valence-electron chi connectivity index (χ1n) is 12.4. The van der Waals surface area contributed by atoms with Crippen LogP contribution in [0.25, 0.3) is 10.8 Å². The number of anilines is 4. The van der Waals surface area contributed by atoms with Crippen LogP contribution in [0.3, 0.4) is 0 Å². The minimum atomic E-state index is 0.441. The predicted octanol–water partition coefficient (Wildman–Crippen LogP) is 5.97. The summed E-state index contributed by atoms with van der Waals surface area (Å²) in [5.41, 5.74) is 2.65. The third kappa shape index (κ3) is 4.23. The molecule has 0 aliphatic carbocycles. The maximum Gasteiger partial charge on any atom is 0.227 e. The van der Waals surface area contributed by atoms with Gasteiger partial charge in [-0.3, -0.25) is 0 Å². The SMILES string of the molecule is CC(C)c1ccc(N2C[C@H](C)[C@H]2C)c2cnc(Nc3ccnc(N4CCC[C@H](C)C4)n3)cc12. The van der Waals surface area contributed by atoms with Crippen molar-refractivity contribution in [3.63, 3.8) is 0 Å². The quantitative estimate of drug-likeness (QED) is 0.523. The maximum absolute atomic E-state index is 4.81. The van der Waals surface area contributed by atoms with Gasteiger partial charge in [0, 0.05) is 49.1 Å². The predicted molar refractivity (Wildman–Crippen MR) is 138 cm³/mol. The van der Waals surface area contributed by atoms with Gasteiger partial charge in [-0.2, -0.15) is 4.98 Å². The number of piperidine rings is 1. The summed E-state index contributed by atoms with van der Waals surface area (Å²) in [6.07, 6.45) is 6.35. The lowest BCUT2D eigenvalue weighted by molar-refractivity contribution is 0.341. The van der Waals surface area contributed by atoms with E-state index in [-0.39, 0.29) is 0 Å². The highest BCUT2D eigenvalue weighted by Gasteiger charge is 2.33. The Bertz CT molecular complexity index is 1140. The molecule has 2 fully saturated rings. The van der Waals surface area contributed by atoms with E-state index in [2.05, 4.69) is 72.9 Å². The van der Waals surface area contributed by atoms with Crippen LogP contribution < -0.4 is 15.1 Å². The zero-order chi connectivity index (χ0) is 23.1. The molecule has 0 unspecified atom stereocenters. The number of fused-ring (bicyclic) bond motifs is 1. The molecule has 2 saturated heterocycles. The van der Waals surface area contributed by atoms with Gasteiger partial charge in [-0.15, -0.1) is 0 Å². The Morgan fingerprint density at radius 2 is 1.85 bits per heavy atom. The van der Waals surface area contributed by atoms with Gasteiger partial charge in [-0.05, 0) is 66.7 Å². The zero-order valence-electron chi connectivity index (χ0n) is 20.5. The van der Waals surface area contributed by atoms with E-state index in [0.717, 1.165) is 43.1 Å². The Morgan fingerprint density at radius 3 is 2.58 bits per heavy atom. The summed E-state index contributed by atoms with van der Waals surface area (Å²) in [6.45, 7) is 14.6. The van der Waals surface area contributed by atoms with Gasteiger partial charge in [0.15, 0.2) is 0 Å². The van der Waals surface area contributed by atoms with Gasteiger partial charge in [0.25, 0.3) is 0 Å². The summed E-state index contributed by atoms with van der Waals surface area (Å²) in [7, 11) is 0. The Morgan fingerprint density at radius 1 is 1.00 bits per heavy atom. The highest BCUT2D eigenvalue weighted by molar-refractivity contribution is 5.98. The van der Waals surface area contributed by atoms with Crippen LogP contribution in [0.4, 0.5) is 23.3 Å². The smallest absolute Gasteiger partial charge is 0.227 e. The minimum absolute atomic E-state index is 0.441. The Kier molecular flexibility index (Phi) is 5.85. The fourth-order valence-electron chi connectivity index (χ4n) is 5.26. The molecule has 1 N–H and O–H groups in total. The van der Waals surface area contributed by atoms with E-state index >= 15 is 0 Å². The highest BCUT2D eigenvalue weighted by atomic mass is 15.3. The van der Waals surface area contributed by atoms with Crippen molar-refractivity contribution in [3.05, 3.63) is 42.2 Å². The molecule has 174 valence electrons. The van der Waals surface area contributed by atoms with Crippen molar-refractivity contribution in [1.82, 2.24) is 15.0 Å². The fraction of sp³-hybridized carbons (Fsp3) is 0.519. The van der Waals surface area contributed by atoms with Crippen molar-refractivity contribution in [3.8, 4) is 0 Å². The number of hydrogen-bond donors (Lipinski definition) is 1. The molecule has 2 aromatic heterocycles. The van der Waals surface area contributed by atoms with Gasteiger partial charge >= 0.3 is 0 Å². The molecule has 2 aliphatic rings. The summed E-state index contributed by atoms with van der Waals surface area (Å²) in [5, 5.41) is 5.94. The van der Waals surface area contributed by atoms with E-state index < -0.39 is 0 Å². The maximum atomic E-state index is 4.81. The van der Waals surface area contributed by atoms with E-state index in [1.165, 1.54) is 34.9 Å². The van der Waals surface area contributed by atoms with Crippen LogP contribution in [0.5, 0.6) is 0 Å². The third-order valence-corrected chi connectivity index (χ3v) is 7.48. The number of rotatable bonds is 5. The minimum Gasteiger partial charge on any atom is -0.368 e. The van der Waals surface area contributed by atoms with Crippen molar-refractivity contribution in [2.24, 2.45) is 11.8 Å². The standard InChI is InChI=1S/C27H36N6/c1-17(2)21-8-9-24(33-16-19(4)20(33)5)23-14-29-26(13-22(21)23)30-25-10-11-28-27(31-25)32-12-6-7-18(3)15-32/h8-11,13-14,17-20H,6-7,12,15-16H2,1-5H3,(H,28,29,30,31)/t18-,19-,20+/m0/s1. The van der Waals surface area contributed by atoms with E-state index in [1.54, 1.807) is 0 Å². The largest absolute Gasteiger partial charge is 0.368 e. The highest BCUT2D eigenvalue weighted by Crippen LogP contribution is 2.39. The number of nitrogens with zero attached hydrogens (tertiary/aromatic N) is 5. The molecule has 0 spiro atoms. The lowest BCUT2D eigenvalue weighted by atomic mass is 9.89. The molecule has 0 bridgehead atoms. The van der Waals surface area contributed by atoms with Crippen molar-refractivity contribution >= 4 is 34.0 Å². The average molecular weight is 445 g/mol. The molecule has 33 heavy (non-hydrogen) atoms. The molecule has 0 radical (unpaired) electrons. The van der Waals surface area contributed by atoms with Crippen LogP contribution >= 0.6 is 0 Å². The van der Waals surface area contributed by atoms with E-state index in [0.29, 0.717) is 17.9 Å². The van der Waals surface area contributed by atoms with Crippen molar-refractivity contribution in [2.75, 3.05) is 34.8 Å². The average Bonchev–Trinajstić information content (AvgIpc) is 2.81. The molecule has 0 saturated carbocycles. The molecule has 3 atom stereocenters. The number of aromatic nitrogens is 3. The van der Waals surface area contributed by atoms with Crippen molar-refractivity contribution in [1.29, 1.82) is 0 Å². The van der Waals surface area contributed by atoms with Crippen LogP contribution in [0.1, 0.15) is 58.9 Å². The molecule has 5 rings (SSSR count). The lowest BCUT2D eigenvalue weighted by Gasteiger charge is -2.47. The van der Waals surface area contributed by atoms with Crippen molar-refractivity contribution in [2.45, 2.75) is 59.4 Å². The molecule has 4 heterocycles. The van der Waals surface area contributed by atoms with Gasteiger partial charge in [0.1, 0.15) is 11.6 Å². The Hall–Kier alpha value is -2.89. The molecule has 0 amide bonds. The normalized spacial score (nSPS) is 23.2. The van der Waals surface area contributed by atoms with Crippen LogP contribution in [0, 0.1) is 11.8 Å². The summed E-state index contributed by atoms with van der Waals surface area (Å²) >= 11 is 0. The van der Waals surface area contributed by atoms with Gasteiger partial charge in [-0.1, -0.05) is 33.8 Å². The number of nitrogens with one attached hydrogen (secondary N) is 1. The first-order valence-corrected chi connectivity index (χ1v) is 12.4. The second kappa shape index (κ2) is 8.81. The van der Waals surface area contributed by atoms with Crippen molar-refractivity contribution < 1.29 is 0 Å². The molecular formula is C27H36N6. The van der Waals surface area contributed by atoms with Gasteiger partial charge < -0.3 is 15.1 Å². The summed E-state index contributed by atoms with van der Waals surface area (Å²) in [6, 6.07) is 9.25. The lowest BCUT2D eigenvalue weighted by Crippen LogP contribution is -2.53. The van der Waals surface area contributed by atoms with Gasteiger partial charge in [-0.25, -0.2) is 9.97 Å². The Balaban J connectivity index is 1.46. The Labute approximate surface area is 197 Å². The van der Waals surface area contributed by atoms with E-state index in [1.807, 2.05) is 18.5 Å². The van der Waals surface area contributed by atoms with Crippen LogP contribution in [-0.4, -0.2) is 40.6 Å². The molecule has 6 nitrogen and oxygen atoms in total. The summed E-state index contributed by atoms with van der Waals surface area (Å²) < 4.78 is 0. The molecular weight excluding hydrogens is 408 g/mol. The summed E-state index contributed by atoms with van der Waals surface area (Å²) in [4.78, 5) is 18.9.